The van der Waals surface area contributed by atoms with Gasteiger partial charge in [0, 0.05) is 12.1 Å². The average Bonchev–Trinajstić information content (AvgIpc) is 3.01. The van der Waals surface area contributed by atoms with Crippen molar-refractivity contribution in [3.05, 3.63) is 155 Å². The molecule has 0 aliphatic heterocycles. The number of nitrogens with zero attached hydrogens (tertiary/aromatic N) is 1. The number of benzene rings is 5. The number of hydrogen-bond donors (Lipinski definition) is 1. The van der Waals surface area contributed by atoms with Crippen molar-refractivity contribution in [2.24, 2.45) is 0 Å². The first-order valence-corrected chi connectivity index (χ1v) is 13.3. The Morgan fingerprint density at radius 3 is 2.05 bits per heavy atom. The summed E-state index contributed by atoms with van der Waals surface area (Å²) in [5.74, 6) is 0. The lowest BCUT2D eigenvalue weighted by molar-refractivity contribution is 1.07. The van der Waals surface area contributed by atoms with Crippen LogP contribution in [0.15, 0.2) is 127 Å². The second kappa shape index (κ2) is 10.8. The van der Waals surface area contributed by atoms with E-state index in [2.05, 4.69) is 78.9 Å². The first-order chi connectivity index (χ1) is 19.2. The van der Waals surface area contributed by atoms with Gasteiger partial charge in [0.1, 0.15) is 0 Å². The largest absolute Gasteiger partial charge is 0.304 e. The zero-order valence-electron chi connectivity index (χ0n) is 21.7. The fraction of sp³-hybridized carbons (Fsp3) is 0.0811. The minimum atomic E-state index is 0.612. The van der Waals surface area contributed by atoms with Crippen molar-refractivity contribution in [1.82, 2.24) is 0 Å². The number of hydrogen-bond acceptors (Lipinski definition) is 2. The van der Waals surface area contributed by atoms with Gasteiger partial charge in [-0.3, -0.25) is 0 Å². The summed E-state index contributed by atoms with van der Waals surface area (Å²) >= 11 is 0. The molecule has 0 amide bonds. The van der Waals surface area contributed by atoms with Crippen molar-refractivity contribution in [1.29, 1.82) is 10.7 Å². The lowest BCUT2D eigenvalue weighted by Crippen LogP contribution is -2.03. The number of rotatable bonds is 6. The third-order valence-electron chi connectivity index (χ3n) is 7.55. The van der Waals surface area contributed by atoms with Crippen LogP contribution in [0.4, 0.5) is 0 Å². The van der Waals surface area contributed by atoms with Gasteiger partial charge in [-0.25, -0.2) is 0 Å². The summed E-state index contributed by atoms with van der Waals surface area (Å²) in [7, 11) is 0. The number of allylic oxidation sites excluding steroid dienone is 4. The van der Waals surface area contributed by atoms with Crippen molar-refractivity contribution in [2.75, 3.05) is 0 Å². The van der Waals surface area contributed by atoms with E-state index < -0.39 is 0 Å². The van der Waals surface area contributed by atoms with E-state index >= 15 is 0 Å². The zero-order valence-corrected chi connectivity index (χ0v) is 21.7. The van der Waals surface area contributed by atoms with E-state index in [0.717, 1.165) is 24.0 Å². The third-order valence-corrected chi connectivity index (χ3v) is 7.55. The average molecular weight is 501 g/mol. The van der Waals surface area contributed by atoms with E-state index in [1.54, 1.807) is 0 Å². The van der Waals surface area contributed by atoms with Crippen molar-refractivity contribution < 1.29 is 0 Å². The van der Waals surface area contributed by atoms with Crippen molar-refractivity contribution in [3.63, 3.8) is 0 Å². The van der Waals surface area contributed by atoms with E-state index in [1.165, 1.54) is 44.2 Å². The highest BCUT2D eigenvalue weighted by Crippen LogP contribution is 2.40. The molecule has 186 valence electrons. The molecule has 5 aromatic rings. The number of fused-ring (bicyclic) bond motifs is 1. The molecule has 39 heavy (non-hydrogen) atoms. The Hall–Kier alpha value is -5.00. The van der Waals surface area contributed by atoms with Gasteiger partial charge in [-0.2, -0.15) is 5.26 Å². The molecule has 0 bridgehead atoms. The van der Waals surface area contributed by atoms with E-state index in [1.807, 2.05) is 54.6 Å². The molecule has 2 nitrogen and oxygen atoms in total. The first-order valence-electron chi connectivity index (χ1n) is 13.3. The number of nitriles is 1. The summed E-state index contributed by atoms with van der Waals surface area (Å²) in [6.45, 7) is 0. The topological polar surface area (TPSA) is 47.6 Å². The molecule has 0 spiro atoms. The summed E-state index contributed by atoms with van der Waals surface area (Å²) in [6, 6.07) is 41.9. The molecule has 0 fully saturated rings. The second-order valence-electron chi connectivity index (χ2n) is 10.0. The summed E-state index contributed by atoms with van der Waals surface area (Å²) in [5, 5.41) is 20.1. The molecule has 2 heteroatoms. The number of nitrogens with one attached hydrogen (secondary N) is 1. The van der Waals surface area contributed by atoms with Crippen molar-refractivity contribution >= 4 is 27.6 Å². The zero-order chi connectivity index (χ0) is 26.6. The molecule has 1 aliphatic rings. The van der Waals surface area contributed by atoms with Crippen LogP contribution in [-0.2, 0) is 6.42 Å². The Balaban J connectivity index is 1.35. The smallest absolute Gasteiger partial charge is 0.0991 e. The monoisotopic (exact) mass is 500 g/mol. The highest BCUT2D eigenvalue weighted by molar-refractivity contribution is 6.03. The third kappa shape index (κ3) is 5.08. The van der Waals surface area contributed by atoms with Crippen molar-refractivity contribution in [3.8, 4) is 17.2 Å². The van der Waals surface area contributed by atoms with Gasteiger partial charge < -0.3 is 5.41 Å². The first kappa shape index (κ1) is 24.3. The molecular formula is C37H28N2. The molecule has 0 heterocycles. The normalized spacial score (nSPS) is 12.9. The highest BCUT2D eigenvalue weighted by Gasteiger charge is 2.17. The molecule has 1 aliphatic carbocycles. The summed E-state index contributed by atoms with van der Waals surface area (Å²) in [4.78, 5) is 0. The fourth-order valence-electron chi connectivity index (χ4n) is 5.45. The lowest BCUT2D eigenvalue weighted by atomic mass is 9.84. The van der Waals surface area contributed by atoms with Gasteiger partial charge in [-0.05, 0) is 80.3 Å². The van der Waals surface area contributed by atoms with Crippen molar-refractivity contribution in [2.45, 2.75) is 19.3 Å². The highest BCUT2D eigenvalue weighted by atomic mass is 14.4. The SMILES string of the molecule is N#Cc1ccc(C2=CC=C(c3ccc4ccccc4c3-c3ccc(CC(=N)c4ccccc4)cc3)CC2)cc1. The molecule has 5 aromatic carbocycles. The maximum Gasteiger partial charge on any atom is 0.0991 e. The van der Waals surface area contributed by atoms with Gasteiger partial charge in [0.25, 0.3) is 0 Å². The van der Waals surface area contributed by atoms with E-state index in [4.69, 9.17) is 10.7 Å². The van der Waals surface area contributed by atoms with E-state index in [9.17, 15) is 0 Å². The molecule has 0 saturated carbocycles. The minimum absolute atomic E-state index is 0.612. The molecular weight excluding hydrogens is 472 g/mol. The van der Waals surface area contributed by atoms with Crippen LogP contribution in [0.1, 0.15) is 40.7 Å². The predicted molar refractivity (Wildman–Crippen MR) is 163 cm³/mol. The fourth-order valence-corrected chi connectivity index (χ4v) is 5.45. The van der Waals surface area contributed by atoms with Crippen LogP contribution in [0.25, 0.3) is 33.0 Å². The van der Waals surface area contributed by atoms with Gasteiger partial charge in [-0.15, -0.1) is 0 Å². The van der Waals surface area contributed by atoms with Crippen LogP contribution >= 0.6 is 0 Å². The molecule has 0 atom stereocenters. The summed E-state index contributed by atoms with van der Waals surface area (Å²) in [6.07, 6.45) is 7.03. The Kier molecular flexibility index (Phi) is 6.73. The maximum absolute atomic E-state index is 9.11. The Morgan fingerprint density at radius 1 is 0.667 bits per heavy atom. The van der Waals surface area contributed by atoms with Gasteiger partial charge in [0.15, 0.2) is 0 Å². The second-order valence-corrected chi connectivity index (χ2v) is 10.0. The molecule has 0 aromatic heterocycles. The van der Waals surface area contributed by atoms with Crippen LogP contribution in [0.5, 0.6) is 0 Å². The summed E-state index contributed by atoms with van der Waals surface area (Å²) in [5.41, 5.74) is 11.0. The quantitative estimate of drug-likeness (QED) is 0.232. The van der Waals surface area contributed by atoms with Crippen LogP contribution in [0.3, 0.4) is 0 Å². The molecule has 0 saturated heterocycles. The van der Waals surface area contributed by atoms with Gasteiger partial charge in [0.2, 0.25) is 0 Å². The maximum atomic E-state index is 9.11. The molecule has 0 unspecified atom stereocenters. The van der Waals surface area contributed by atoms with Gasteiger partial charge in [0.05, 0.1) is 11.6 Å². The standard InChI is InChI=1S/C37H28N2/c38-25-27-12-14-28(15-13-27)29-18-20-31(21-19-29)35-23-22-30-6-4-5-9-34(30)37(35)33-16-10-26(11-17-33)24-36(39)32-7-2-1-3-8-32/h1-18,20,22-23,39H,19,21,24H2. The van der Waals surface area contributed by atoms with Crippen LogP contribution < -0.4 is 0 Å². The molecule has 1 N–H and O–H groups in total. The van der Waals surface area contributed by atoms with Crippen LogP contribution in [0, 0.1) is 16.7 Å². The Morgan fingerprint density at radius 2 is 1.33 bits per heavy atom. The molecule has 6 rings (SSSR count). The van der Waals surface area contributed by atoms with E-state index in [0.29, 0.717) is 17.7 Å². The lowest BCUT2D eigenvalue weighted by Gasteiger charge is -2.20. The van der Waals surface area contributed by atoms with Crippen LogP contribution in [0.2, 0.25) is 0 Å². The Bertz CT molecular complexity index is 1760. The van der Waals surface area contributed by atoms with Gasteiger partial charge >= 0.3 is 0 Å². The molecule has 0 radical (unpaired) electrons. The minimum Gasteiger partial charge on any atom is -0.304 e. The Labute approximate surface area is 229 Å². The van der Waals surface area contributed by atoms with Gasteiger partial charge in [-0.1, -0.05) is 115 Å². The summed E-state index contributed by atoms with van der Waals surface area (Å²) < 4.78 is 0. The predicted octanol–water partition coefficient (Wildman–Crippen LogP) is 9.25. The van der Waals surface area contributed by atoms with E-state index in [-0.39, 0.29) is 0 Å². The van der Waals surface area contributed by atoms with Crippen LogP contribution in [-0.4, -0.2) is 5.71 Å².